The van der Waals surface area contributed by atoms with Gasteiger partial charge in [0.25, 0.3) is 5.91 Å². The zero-order valence-electron chi connectivity index (χ0n) is 13.4. The largest absolute Gasteiger partial charge is 0.481 e. The van der Waals surface area contributed by atoms with E-state index in [2.05, 4.69) is 6.07 Å². The second kappa shape index (κ2) is 5.78. The summed E-state index contributed by atoms with van der Waals surface area (Å²) in [5.74, 6) is -1.58. The third-order valence-corrected chi connectivity index (χ3v) is 5.16. The van der Waals surface area contributed by atoms with Crippen LogP contribution in [-0.2, 0) is 24.2 Å². The molecule has 0 saturated heterocycles. The van der Waals surface area contributed by atoms with E-state index in [1.807, 2.05) is 36.4 Å². The number of nitrogens with zero attached hydrogens (tertiary/aromatic N) is 1. The molecule has 2 aromatic rings. The molecular weight excluding hydrogens is 302 g/mol. The summed E-state index contributed by atoms with van der Waals surface area (Å²) in [6, 6.07) is 13.4. The summed E-state index contributed by atoms with van der Waals surface area (Å²) < 4.78 is 0. The zero-order valence-corrected chi connectivity index (χ0v) is 13.4. The van der Waals surface area contributed by atoms with Crippen molar-refractivity contribution in [3.63, 3.8) is 0 Å². The van der Waals surface area contributed by atoms with Crippen molar-refractivity contribution in [3.8, 4) is 0 Å². The summed E-state index contributed by atoms with van der Waals surface area (Å²) in [6.07, 6.45) is 3.04. The Labute approximate surface area is 140 Å². The summed E-state index contributed by atoms with van der Waals surface area (Å²) in [5.41, 5.74) is 4.90. The molecule has 0 aromatic heterocycles. The number of amides is 1. The fourth-order valence-corrected chi connectivity index (χ4v) is 3.96. The fourth-order valence-electron chi connectivity index (χ4n) is 3.96. The first-order valence-corrected chi connectivity index (χ1v) is 8.36. The minimum absolute atomic E-state index is 0.0468. The molecule has 0 radical (unpaired) electrons. The van der Waals surface area contributed by atoms with E-state index in [0.717, 1.165) is 41.5 Å². The van der Waals surface area contributed by atoms with Crippen molar-refractivity contribution in [1.29, 1.82) is 0 Å². The number of hydrogen-bond acceptors (Lipinski definition) is 2. The number of fused-ring (bicyclic) bond motifs is 2. The quantitative estimate of drug-likeness (QED) is 0.925. The first kappa shape index (κ1) is 14.9. The lowest BCUT2D eigenvalue weighted by Crippen LogP contribution is -2.40. The summed E-state index contributed by atoms with van der Waals surface area (Å²) in [4.78, 5) is 26.4. The predicted molar refractivity (Wildman–Crippen MR) is 90.0 cm³/mol. The molecule has 4 heteroatoms. The van der Waals surface area contributed by atoms with Crippen LogP contribution in [0, 0.1) is 0 Å². The molecule has 0 saturated carbocycles. The van der Waals surface area contributed by atoms with Crippen LogP contribution in [0.15, 0.2) is 42.5 Å². The maximum Gasteiger partial charge on any atom is 0.312 e. The first-order chi connectivity index (χ1) is 11.6. The Kier molecular flexibility index (Phi) is 3.60. The van der Waals surface area contributed by atoms with E-state index >= 15 is 0 Å². The summed E-state index contributed by atoms with van der Waals surface area (Å²) >= 11 is 0. The van der Waals surface area contributed by atoms with Crippen LogP contribution in [0.25, 0.3) is 0 Å². The molecule has 1 N–H and O–H groups in total. The number of aryl methyl sites for hydroxylation is 1. The normalized spacial score (nSPS) is 18.8. The lowest BCUT2D eigenvalue weighted by Gasteiger charge is -2.33. The number of carboxylic acids is 1. The Morgan fingerprint density at radius 1 is 1.00 bits per heavy atom. The Balaban J connectivity index is 1.70. The molecule has 2 aliphatic rings. The Hall–Kier alpha value is -2.62. The second-order valence-electron chi connectivity index (χ2n) is 6.57. The Bertz CT molecular complexity index is 827. The van der Waals surface area contributed by atoms with Crippen LogP contribution >= 0.6 is 0 Å². The van der Waals surface area contributed by atoms with Crippen LogP contribution in [0.5, 0.6) is 0 Å². The fraction of sp³-hybridized carbons (Fsp3) is 0.300. The van der Waals surface area contributed by atoms with Gasteiger partial charge >= 0.3 is 5.97 Å². The molecular formula is C20H19NO3. The van der Waals surface area contributed by atoms with E-state index in [9.17, 15) is 14.7 Å². The van der Waals surface area contributed by atoms with E-state index in [0.29, 0.717) is 6.54 Å². The number of hydrogen-bond donors (Lipinski definition) is 1. The van der Waals surface area contributed by atoms with Crippen LogP contribution in [0.1, 0.15) is 45.0 Å². The van der Waals surface area contributed by atoms with Crippen LogP contribution in [0.4, 0.5) is 0 Å². The number of benzene rings is 2. The van der Waals surface area contributed by atoms with Crippen LogP contribution in [0.2, 0.25) is 0 Å². The van der Waals surface area contributed by atoms with Crippen molar-refractivity contribution in [2.24, 2.45) is 0 Å². The van der Waals surface area contributed by atoms with Crippen molar-refractivity contribution in [2.45, 2.75) is 31.7 Å². The molecule has 4 rings (SSSR count). The average molecular weight is 321 g/mol. The molecule has 1 atom stereocenters. The van der Waals surface area contributed by atoms with Gasteiger partial charge in [0.2, 0.25) is 0 Å². The average Bonchev–Trinajstić information content (AvgIpc) is 3.08. The maximum atomic E-state index is 13.1. The van der Waals surface area contributed by atoms with Gasteiger partial charge in [-0.05, 0) is 47.6 Å². The van der Waals surface area contributed by atoms with Crippen LogP contribution in [-0.4, -0.2) is 28.4 Å². The number of rotatable bonds is 2. The van der Waals surface area contributed by atoms with Crippen molar-refractivity contribution >= 4 is 11.9 Å². The van der Waals surface area contributed by atoms with Gasteiger partial charge in [0.05, 0.1) is 5.92 Å². The first-order valence-electron chi connectivity index (χ1n) is 8.36. The van der Waals surface area contributed by atoms with Gasteiger partial charge in [-0.2, -0.15) is 0 Å². The van der Waals surface area contributed by atoms with Crippen molar-refractivity contribution < 1.29 is 14.7 Å². The van der Waals surface area contributed by atoms with Crippen molar-refractivity contribution in [2.75, 3.05) is 6.54 Å². The van der Waals surface area contributed by atoms with E-state index in [1.54, 1.807) is 4.90 Å². The monoisotopic (exact) mass is 321 g/mol. The van der Waals surface area contributed by atoms with Crippen molar-refractivity contribution in [1.82, 2.24) is 4.90 Å². The lowest BCUT2D eigenvalue weighted by molar-refractivity contribution is -0.139. The third-order valence-electron chi connectivity index (χ3n) is 5.16. The number of carboxylic acid groups (broad SMARTS) is 1. The number of carbonyl (C=O) groups excluding carboxylic acids is 1. The summed E-state index contributed by atoms with van der Waals surface area (Å²) in [6.45, 7) is 0.706. The van der Waals surface area contributed by atoms with Gasteiger partial charge in [-0.25, -0.2) is 0 Å². The van der Waals surface area contributed by atoms with Gasteiger partial charge in [0, 0.05) is 18.7 Å². The highest BCUT2D eigenvalue weighted by Gasteiger charge is 2.33. The lowest BCUT2D eigenvalue weighted by atomic mass is 9.89. The van der Waals surface area contributed by atoms with Gasteiger partial charge in [-0.3, -0.25) is 9.59 Å². The van der Waals surface area contributed by atoms with Gasteiger partial charge in [-0.15, -0.1) is 0 Å². The molecule has 0 fully saturated rings. The molecule has 24 heavy (non-hydrogen) atoms. The highest BCUT2D eigenvalue weighted by molar-refractivity contribution is 5.97. The predicted octanol–water partition coefficient (Wildman–Crippen LogP) is 3.00. The molecule has 1 heterocycles. The van der Waals surface area contributed by atoms with Crippen LogP contribution < -0.4 is 0 Å². The van der Waals surface area contributed by atoms with E-state index in [-0.39, 0.29) is 12.5 Å². The smallest absolute Gasteiger partial charge is 0.312 e. The standard InChI is InChI=1S/C20H19NO3/c22-19(17-10-4-7-13-6-3-9-15(13)17)21-11-14-5-1-2-8-16(14)18(12-21)20(23)24/h1-2,4-5,7-8,10,18H,3,6,9,11-12H2,(H,23,24). The topological polar surface area (TPSA) is 57.6 Å². The van der Waals surface area contributed by atoms with E-state index < -0.39 is 11.9 Å². The Morgan fingerprint density at radius 2 is 1.79 bits per heavy atom. The number of aliphatic carboxylic acids is 1. The zero-order chi connectivity index (χ0) is 16.7. The molecule has 1 amide bonds. The van der Waals surface area contributed by atoms with E-state index in [4.69, 9.17) is 0 Å². The molecule has 122 valence electrons. The van der Waals surface area contributed by atoms with E-state index in [1.165, 1.54) is 5.56 Å². The minimum Gasteiger partial charge on any atom is -0.481 e. The van der Waals surface area contributed by atoms with Gasteiger partial charge in [0.15, 0.2) is 0 Å². The molecule has 1 aliphatic heterocycles. The third kappa shape index (κ3) is 2.39. The van der Waals surface area contributed by atoms with Gasteiger partial charge < -0.3 is 10.0 Å². The molecule has 1 aliphatic carbocycles. The van der Waals surface area contributed by atoms with Gasteiger partial charge in [0.1, 0.15) is 0 Å². The minimum atomic E-state index is -0.877. The molecule has 4 nitrogen and oxygen atoms in total. The molecule has 0 bridgehead atoms. The molecule has 0 spiro atoms. The van der Waals surface area contributed by atoms with Crippen molar-refractivity contribution in [3.05, 3.63) is 70.3 Å². The van der Waals surface area contributed by atoms with Crippen LogP contribution in [0.3, 0.4) is 0 Å². The highest BCUT2D eigenvalue weighted by atomic mass is 16.4. The number of carbonyl (C=O) groups is 2. The van der Waals surface area contributed by atoms with Gasteiger partial charge in [-0.1, -0.05) is 36.4 Å². The summed E-state index contributed by atoms with van der Waals surface area (Å²) in [5, 5.41) is 9.57. The summed E-state index contributed by atoms with van der Waals surface area (Å²) in [7, 11) is 0. The Morgan fingerprint density at radius 3 is 2.62 bits per heavy atom. The highest BCUT2D eigenvalue weighted by Crippen LogP contribution is 2.31. The second-order valence-corrected chi connectivity index (χ2v) is 6.57. The molecule has 2 aromatic carbocycles. The SMILES string of the molecule is O=C(O)C1CN(C(=O)c2cccc3c2CCC3)Cc2ccccc21. The molecule has 1 unspecified atom stereocenters. The maximum absolute atomic E-state index is 13.1.